The van der Waals surface area contributed by atoms with E-state index < -0.39 is 0 Å². The van der Waals surface area contributed by atoms with Crippen molar-refractivity contribution in [2.75, 3.05) is 13.2 Å². The van der Waals surface area contributed by atoms with Crippen molar-refractivity contribution in [3.8, 4) is 0 Å². The van der Waals surface area contributed by atoms with Gasteiger partial charge in [-0.15, -0.1) is 0 Å². The van der Waals surface area contributed by atoms with Gasteiger partial charge in [0.1, 0.15) is 0 Å². The summed E-state index contributed by atoms with van der Waals surface area (Å²) in [5.41, 5.74) is 1.12. The van der Waals surface area contributed by atoms with E-state index in [9.17, 15) is 0 Å². The molecule has 3 unspecified atom stereocenters. The molecule has 21 heavy (non-hydrogen) atoms. The minimum absolute atomic E-state index is 0.217. The van der Waals surface area contributed by atoms with Crippen LogP contribution in [0.1, 0.15) is 64.7 Å². The Balaban J connectivity index is 2.33. The molecule has 2 rings (SSSR count). The average Bonchev–Trinajstić information content (AvgIpc) is 3.07. The van der Waals surface area contributed by atoms with Gasteiger partial charge in [-0.3, -0.25) is 4.68 Å². The molecule has 0 aromatic carbocycles. The zero-order valence-corrected chi connectivity index (χ0v) is 14.4. The highest BCUT2D eigenvalue weighted by atomic mass is 35.5. The molecule has 5 heteroatoms. The van der Waals surface area contributed by atoms with Crippen LogP contribution in [0.2, 0.25) is 5.02 Å². The van der Waals surface area contributed by atoms with E-state index in [1.807, 2.05) is 0 Å². The molecule has 1 N–H and O–H groups in total. The quantitative estimate of drug-likeness (QED) is 0.827. The van der Waals surface area contributed by atoms with Crippen molar-refractivity contribution in [3.05, 3.63) is 16.9 Å². The van der Waals surface area contributed by atoms with Gasteiger partial charge in [0.05, 0.1) is 29.1 Å². The predicted molar refractivity (Wildman–Crippen MR) is 86.8 cm³/mol. The third kappa shape index (κ3) is 3.61. The van der Waals surface area contributed by atoms with Gasteiger partial charge in [-0.2, -0.15) is 5.10 Å². The smallest absolute Gasteiger partial charge is 0.0834 e. The maximum atomic E-state index is 6.47. The first-order chi connectivity index (χ1) is 10.1. The van der Waals surface area contributed by atoms with E-state index in [2.05, 4.69) is 42.8 Å². The minimum Gasteiger partial charge on any atom is -0.378 e. The van der Waals surface area contributed by atoms with Crippen LogP contribution in [0, 0.1) is 5.92 Å². The van der Waals surface area contributed by atoms with Crippen molar-refractivity contribution < 1.29 is 4.74 Å². The summed E-state index contributed by atoms with van der Waals surface area (Å²) in [4.78, 5) is 0. The normalized spacial score (nSPS) is 23.9. The van der Waals surface area contributed by atoms with E-state index in [4.69, 9.17) is 16.3 Å². The molecular weight excluding hydrogens is 286 g/mol. The predicted octanol–water partition coefficient (Wildman–Crippen LogP) is 3.97. The van der Waals surface area contributed by atoms with Crippen LogP contribution < -0.4 is 5.32 Å². The molecule has 1 aromatic heterocycles. The van der Waals surface area contributed by atoms with Crippen molar-refractivity contribution in [1.29, 1.82) is 0 Å². The first kappa shape index (κ1) is 16.8. The summed E-state index contributed by atoms with van der Waals surface area (Å²) in [6.07, 6.45) is 5.32. The van der Waals surface area contributed by atoms with Crippen molar-refractivity contribution in [1.82, 2.24) is 15.1 Å². The SMILES string of the molecule is CCCNC(c1c(Cl)cnn1C(C)C)C1CCOC1CC. The third-order valence-corrected chi connectivity index (χ3v) is 4.57. The van der Waals surface area contributed by atoms with E-state index in [0.717, 1.165) is 43.1 Å². The molecule has 0 amide bonds. The molecule has 0 saturated carbocycles. The van der Waals surface area contributed by atoms with Crippen molar-refractivity contribution in [2.45, 2.75) is 65.1 Å². The zero-order chi connectivity index (χ0) is 15.4. The number of hydrogen-bond donors (Lipinski definition) is 1. The van der Waals surface area contributed by atoms with Gasteiger partial charge in [-0.1, -0.05) is 25.4 Å². The van der Waals surface area contributed by atoms with Gasteiger partial charge in [-0.25, -0.2) is 0 Å². The van der Waals surface area contributed by atoms with E-state index in [-0.39, 0.29) is 6.04 Å². The molecule has 120 valence electrons. The van der Waals surface area contributed by atoms with Crippen molar-refractivity contribution >= 4 is 11.6 Å². The summed E-state index contributed by atoms with van der Waals surface area (Å²) >= 11 is 6.47. The highest BCUT2D eigenvalue weighted by molar-refractivity contribution is 6.31. The van der Waals surface area contributed by atoms with Crippen LogP contribution in [0.5, 0.6) is 0 Å². The van der Waals surface area contributed by atoms with Gasteiger partial charge in [0.2, 0.25) is 0 Å². The van der Waals surface area contributed by atoms with Gasteiger partial charge in [0, 0.05) is 18.6 Å². The van der Waals surface area contributed by atoms with E-state index in [1.165, 1.54) is 0 Å². The molecule has 1 fully saturated rings. The molecule has 1 aromatic rings. The molecule has 0 radical (unpaired) electrons. The summed E-state index contributed by atoms with van der Waals surface area (Å²) in [6.45, 7) is 10.5. The molecule has 0 bridgehead atoms. The number of ether oxygens (including phenoxy) is 1. The van der Waals surface area contributed by atoms with Gasteiger partial charge in [0.25, 0.3) is 0 Å². The van der Waals surface area contributed by atoms with Crippen molar-refractivity contribution in [2.24, 2.45) is 5.92 Å². The Morgan fingerprint density at radius 2 is 2.24 bits per heavy atom. The first-order valence-corrected chi connectivity index (χ1v) is 8.55. The lowest BCUT2D eigenvalue weighted by molar-refractivity contribution is 0.0762. The Morgan fingerprint density at radius 3 is 2.86 bits per heavy atom. The molecule has 3 atom stereocenters. The Hall–Kier alpha value is -0.580. The fourth-order valence-electron chi connectivity index (χ4n) is 3.27. The summed E-state index contributed by atoms with van der Waals surface area (Å²) < 4.78 is 7.96. The number of hydrogen-bond acceptors (Lipinski definition) is 3. The Labute approximate surface area is 133 Å². The van der Waals surface area contributed by atoms with Crippen LogP contribution in [0.15, 0.2) is 6.20 Å². The molecular formula is C16H28ClN3O. The molecule has 4 nitrogen and oxygen atoms in total. The average molecular weight is 314 g/mol. The monoisotopic (exact) mass is 313 g/mol. The van der Waals surface area contributed by atoms with Gasteiger partial charge < -0.3 is 10.1 Å². The van der Waals surface area contributed by atoms with Gasteiger partial charge in [-0.05, 0) is 39.7 Å². The summed E-state index contributed by atoms with van der Waals surface area (Å²) in [5, 5.41) is 8.92. The van der Waals surface area contributed by atoms with Crippen LogP contribution in [0.4, 0.5) is 0 Å². The van der Waals surface area contributed by atoms with Crippen LogP contribution >= 0.6 is 11.6 Å². The summed E-state index contributed by atoms with van der Waals surface area (Å²) in [6, 6.07) is 0.524. The molecule has 1 aliphatic rings. The Bertz CT molecular complexity index is 447. The van der Waals surface area contributed by atoms with Crippen molar-refractivity contribution in [3.63, 3.8) is 0 Å². The standard InChI is InChI=1S/C16H28ClN3O/c1-5-8-18-15(12-7-9-21-14(12)6-2)16-13(17)10-19-20(16)11(3)4/h10-12,14-15,18H,5-9H2,1-4H3. The minimum atomic E-state index is 0.217. The number of aromatic nitrogens is 2. The van der Waals surface area contributed by atoms with Crippen LogP contribution in [-0.2, 0) is 4.74 Å². The van der Waals surface area contributed by atoms with Crippen LogP contribution in [-0.4, -0.2) is 29.0 Å². The lowest BCUT2D eigenvalue weighted by atomic mass is 9.89. The lowest BCUT2D eigenvalue weighted by Gasteiger charge is -2.30. The summed E-state index contributed by atoms with van der Waals surface area (Å²) in [7, 11) is 0. The zero-order valence-electron chi connectivity index (χ0n) is 13.6. The van der Waals surface area contributed by atoms with E-state index in [1.54, 1.807) is 6.20 Å². The topological polar surface area (TPSA) is 39.1 Å². The number of nitrogens with zero attached hydrogens (tertiary/aromatic N) is 2. The number of halogens is 1. The fraction of sp³-hybridized carbons (Fsp3) is 0.812. The molecule has 0 aliphatic carbocycles. The third-order valence-electron chi connectivity index (χ3n) is 4.28. The van der Waals surface area contributed by atoms with Crippen LogP contribution in [0.25, 0.3) is 0 Å². The highest BCUT2D eigenvalue weighted by Crippen LogP contribution is 2.38. The van der Waals surface area contributed by atoms with Crippen LogP contribution in [0.3, 0.4) is 0 Å². The summed E-state index contributed by atoms with van der Waals surface area (Å²) in [5.74, 6) is 0.466. The molecule has 0 spiro atoms. The molecule has 1 aliphatic heterocycles. The highest BCUT2D eigenvalue weighted by Gasteiger charge is 2.37. The number of rotatable bonds is 7. The number of nitrogens with one attached hydrogen (secondary N) is 1. The molecule has 2 heterocycles. The fourth-order valence-corrected chi connectivity index (χ4v) is 3.52. The van der Waals surface area contributed by atoms with Gasteiger partial charge >= 0.3 is 0 Å². The Morgan fingerprint density at radius 1 is 1.48 bits per heavy atom. The van der Waals surface area contributed by atoms with Gasteiger partial charge in [0.15, 0.2) is 0 Å². The maximum Gasteiger partial charge on any atom is 0.0834 e. The second kappa shape index (κ2) is 7.61. The molecule has 1 saturated heterocycles. The van der Waals surface area contributed by atoms with E-state index >= 15 is 0 Å². The Kier molecular flexibility index (Phi) is 6.08. The lowest BCUT2D eigenvalue weighted by Crippen LogP contribution is -2.35. The first-order valence-electron chi connectivity index (χ1n) is 8.18. The maximum absolute atomic E-state index is 6.47. The second-order valence-electron chi connectivity index (χ2n) is 6.12. The van der Waals surface area contributed by atoms with E-state index in [0.29, 0.717) is 18.1 Å². The largest absolute Gasteiger partial charge is 0.378 e. The second-order valence-corrected chi connectivity index (χ2v) is 6.53.